The SMILES string of the molecule is CC(=O)N(C)C1CCN(c2cc3c(NC(C)c4cccc(C(F)F)c4F)nc(C)nc3cn2)C1. The Labute approximate surface area is 196 Å². The average molecular weight is 473 g/mol. The van der Waals surface area contributed by atoms with Crippen LogP contribution in [0.4, 0.5) is 24.8 Å². The van der Waals surface area contributed by atoms with Crippen LogP contribution in [0.2, 0.25) is 0 Å². The van der Waals surface area contributed by atoms with Gasteiger partial charge in [-0.05, 0) is 26.3 Å². The highest BCUT2D eigenvalue weighted by molar-refractivity contribution is 5.90. The fourth-order valence-corrected chi connectivity index (χ4v) is 4.30. The standard InChI is InChI=1S/C24H27F3N6O/c1-13(17-6-5-7-18(22(17)25)23(26)27)29-24-19-10-21(28-11-20(19)30-14(2)31-24)33-9-8-16(12-33)32(4)15(3)34/h5-7,10-11,13,16,23H,8-9,12H2,1-4H3,(H,29,30,31). The van der Waals surface area contributed by atoms with Crippen molar-refractivity contribution < 1.29 is 18.0 Å². The Morgan fingerprint density at radius 1 is 1.26 bits per heavy atom. The molecule has 1 saturated heterocycles. The van der Waals surface area contributed by atoms with Crippen LogP contribution in [0.1, 0.15) is 49.7 Å². The number of amides is 1. The lowest BCUT2D eigenvalue weighted by Crippen LogP contribution is -2.37. The van der Waals surface area contributed by atoms with Gasteiger partial charge in [-0.25, -0.2) is 28.1 Å². The second-order valence-electron chi connectivity index (χ2n) is 8.61. The molecule has 1 aromatic carbocycles. The summed E-state index contributed by atoms with van der Waals surface area (Å²) in [6.07, 6.45) is -0.397. The second-order valence-corrected chi connectivity index (χ2v) is 8.61. The minimum atomic E-state index is -2.89. The summed E-state index contributed by atoms with van der Waals surface area (Å²) < 4.78 is 41.0. The van der Waals surface area contributed by atoms with Crippen LogP contribution in [-0.4, -0.2) is 51.9 Å². The number of carbonyl (C=O) groups is 1. The first-order chi connectivity index (χ1) is 16.2. The normalized spacial score (nSPS) is 16.8. The minimum Gasteiger partial charge on any atom is -0.363 e. The van der Waals surface area contributed by atoms with Crippen molar-refractivity contribution in [1.29, 1.82) is 0 Å². The first-order valence-electron chi connectivity index (χ1n) is 11.1. The van der Waals surface area contributed by atoms with E-state index in [0.717, 1.165) is 24.8 Å². The van der Waals surface area contributed by atoms with Gasteiger partial charge in [-0.2, -0.15) is 0 Å². The summed E-state index contributed by atoms with van der Waals surface area (Å²) in [7, 11) is 1.80. The molecule has 0 radical (unpaired) electrons. The predicted octanol–water partition coefficient (Wildman–Crippen LogP) is 4.64. The molecule has 0 bridgehead atoms. The molecular weight excluding hydrogens is 445 g/mol. The van der Waals surface area contributed by atoms with Gasteiger partial charge in [0.05, 0.1) is 29.4 Å². The Morgan fingerprint density at radius 3 is 2.71 bits per heavy atom. The molecule has 0 spiro atoms. The molecule has 2 unspecified atom stereocenters. The Hall–Kier alpha value is -3.43. The molecule has 0 saturated carbocycles. The molecule has 7 nitrogen and oxygen atoms in total. The number of halogens is 3. The lowest BCUT2D eigenvalue weighted by atomic mass is 10.0. The lowest BCUT2D eigenvalue weighted by Gasteiger charge is -2.24. The molecule has 1 aliphatic heterocycles. The molecule has 0 aliphatic carbocycles. The second kappa shape index (κ2) is 9.44. The van der Waals surface area contributed by atoms with Crippen molar-refractivity contribution in [2.24, 2.45) is 0 Å². The van der Waals surface area contributed by atoms with Crippen molar-refractivity contribution in [3.05, 3.63) is 53.2 Å². The van der Waals surface area contributed by atoms with Gasteiger partial charge >= 0.3 is 0 Å². The number of hydrogen-bond donors (Lipinski definition) is 1. The van der Waals surface area contributed by atoms with Crippen molar-refractivity contribution in [3.63, 3.8) is 0 Å². The number of nitrogens with one attached hydrogen (secondary N) is 1. The molecule has 3 aromatic rings. The Morgan fingerprint density at radius 2 is 2.00 bits per heavy atom. The molecule has 1 N–H and O–H groups in total. The van der Waals surface area contributed by atoms with Gasteiger partial charge in [0.15, 0.2) is 0 Å². The van der Waals surface area contributed by atoms with E-state index in [0.29, 0.717) is 29.1 Å². The average Bonchev–Trinajstić information content (AvgIpc) is 3.28. The Kier molecular flexibility index (Phi) is 6.58. The van der Waals surface area contributed by atoms with Crippen LogP contribution < -0.4 is 10.2 Å². The molecule has 2 aromatic heterocycles. The number of aromatic nitrogens is 3. The number of benzene rings is 1. The number of likely N-dealkylation sites (N-methyl/N-ethyl adjacent to an activating group) is 1. The van der Waals surface area contributed by atoms with Crippen molar-refractivity contribution >= 4 is 28.4 Å². The fraction of sp³-hybridized carbons (Fsp3) is 0.417. The molecule has 34 heavy (non-hydrogen) atoms. The van der Waals surface area contributed by atoms with E-state index in [-0.39, 0.29) is 17.5 Å². The number of nitrogens with zero attached hydrogens (tertiary/aromatic N) is 5. The van der Waals surface area contributed by atoms with E-state index in [2.05, 4.69) is 25.2 Å². The highest BCUT2D eigenvalue weighted by atomic mass is 19.3. The maximum Gasteiger partial charge on any atom is 0.266 e. The molecule has 4 rings (SSSR count). The fourth-order valence-electron chi connectivity index (χ4n) is 4.30. The van der Waals surface area contributed by atoms with Crippen molar-refractivity contribution in [2.75, 3.05) is 30.4 Å². The molecule has 3 heterocycles. The zero-order valence-corrected chi connectivity index (χ0v) is 19.5. The van der Waals surface area contributed by atoms with E-state index >= 15 is 0 Å². The quantitative estimate of drug-likeness (QED) is 0.564. The van der Waals surface area contributed by atoms with E-state index in [4.69, 9.17) is 0 Å². The summed E-state index contributed by atoms with van der Waals surface area (Å²) >= 11 is 0. The maximum atomic E-state index is 14.7. The van der Waals surface area contributed by atoms with Crippen LogP contribution in [0.25, 0.3) is 10.9 Å². The Bertz CT molecular complexity index is 1220. The predicted molar refractivity (Wildman–Crippen MR) is 125 cm³/mol. The minimum absolute atomic E-state index is 0.0193. The largest absolute Gasteiger partial charge is 0.363 e. The van der Waals surface area contributed by atoms with Crippen molar-refractivity contribution in [2.45, 2.75) is 45.7 Å². The van der Waals surface area contributed by atoms with Crippen LogP contribution >= 0.6 is 0 Å². The van der Waals surface area contributed by atoms with Gasteiger partial charge in [0, 0.05) is 38.0 Å². The smallest absolute Gasteiger partial charge is 0.266 e. The van der Waals surface area contributed by atoms with E-state index in [9.17, 15) is 18.0 Å². The van der Waals surface area contributed by atoms with Crippen LogP contribution in [0.15, 0.2) is 30.5 Å². The summed E-state index contributed by atoms with van der Waals surface area (Å²) in [6, 6.07) is 5.35. The summed E-state index contributed by atoms with van der Waals surface area (Å²) in [5.74, 6) is 0.791. The highest BCUT2D eigenvalue weighted by Gasteiger charge is 2.28. The third-order valence-corrected chi connectivity index (χ3v) is 6.32. The summed E-state index contributed by atoms with van der Waals surface area (Å²) in [4.78, 5) is 29.1. The highest BCUT2D eigenvalue weighted by Crippen LogP contribution is 2.32. The van der Waals surface area contributed by atoms with Crippen LogP contribution in [0.5, 0.6) is 0 Å². The van der Waals surface area contributed by atoms with E-state index in [1.165, 1.54) is 12.1 Å². The van der Waals surface area contributed by atoms with Gasteiger partial charge in [-0.3, -0.25) is 4.79 Å². The lowest BCUT2D eigenvalue weighted by molar-refractivity contribution is -0.129. The van der Waals surface area contributed by atoms with E-state index in [1.54, 1.807) is 38.9 Å². The van der Waals surface area contributed by atoms with Gasteiger partial charge in [-0.1, -0.05) is 18.2 Å². The van der Waals surface area contributed by atoms with E-state index < -0.39 is 23.8 Å². The third kappa shape index (κ3) is 4.62. The molecule has 180 valence electrons. The van der Waals surface area contributed by atoms with Gasteiger partial charge < -0.3 is 15.1 Å². The topological polar surface area (TPSA) is 74.2 Å². The number of rotatable bonds is 6. The monoisotopic (exact) mass is 472 g/mol. The number of aryl methyl sites for hydroxylation is 1. The van der Waals surface area contributed by atoms with Crippen LogP contribution in [0, 0.1) is 12.7 Å². The third-order valence-electron chi connectivity index (χ3n) is 6.32. The van der Waals surface area contributed by atoms with Gasteiger partial charge in [0.25, 0.3) is 6.43 Å². The van der Waals surface area contributed by atoms with Crippen molar-refractivity contribution in [3.8, 4) is 0 Å². The molecule has 1 fully saturated rings. The first-order valence-corrected chi connectivity index (χ1v) is 11.1. The van der Waals surface area contributed by atoms with Crippen LogP contribution in [0.3, 0.4) is 0 Å². The van der Waals surface area contributed by atoms with E-state index in [1.807, 2.05) is 6.07 Å². The maximum absolute atomic E-state index is 14.7. The van der Waals surface area contributed by atoms with Gasteiger partial charge in [-0.15, -0.1) is 0 Å². The van der Waals surface area contributed by atoms with Crippen LogP contribution in [-0.2, 0) is 4.79 Å². The van der Waals surface area contributed by atoms with Crippen molar-refractivity contribution in [1.82, 2.24) is 19.9 Å². The zero-order chi connectivity index (χ0) is 24.6. The summed E-state index contributed by atoms with van der Waals surface area (Å²) in [5.41, 5.74) is 0.121. The first kappa shape index (κ1) is 23.7. The zero-order valence-electron chi connectivity index (χ0n) is 19.5. The van der Waals surface area contributed by atoms with Gasteiger partial charge in [0.1, 0.15) is 23.3 Å². The number of anilines is 2. The summed E-state index contributed by atoms with van der Waals surface area (Å²) in [6.45, 7) is 6.39. The number of hydrogen-bond acceptors (Lipinski definition) is 6. The molecule has 10 heteroatoms. The number of fused-ring (bicyclic) bond motifs is 1. The number of pyridine rings is 1. The molecule has 1 aliphatic rings. The molecular formula is C24H27F3N6O. The summed E-state index contributed by atoms with van der Waals surface area (Å²) in [5, 5.41) is 3.86. The Balaban J connectivity index is 1.65. The number of alkyl halides is 2. The van der Waals surface area contributed by atoms with Gasteiger partial charge in [0.2, 0.25) is 5.91 Å². The molecule has 1 amide bonds. The number of carbonyl (C=O) groups excluding carboxylic acids is 1. The molecule has 2 atom stereocenters.